The van der Waals surface area contributed by atoms with Crippen molar-refractivity contribution in [2.45, 2.75) is 44.7 Å². The van der Waals surface area contributed by atoms with Gasteiger partial charge in [-0.15, -0.1) is 11.8 Å². The van der Waals surface area contributed by atoms with E-state index in [2.05, 4.69) is 5.32 Å². The van der Waals surface area contributed by atoms with Crippen LogP contribution < -0.4 is 5.32 Å². The standard InChI is InChI=1S/C24H27N3O4S/c1-16(2)27(17(3)4)23(29)14-31-24(30)20-10-5-6-11-21(20)32-15-22(28)26-19-9-7-8-18(12-19)13-25/h5-12,16-17H,14-15H2,1-4H3,(H,26,28). The van der Waals surface area contributed by atoms with Crippen LogP contribution in [0.3, 0.4) is 0 Å². The van der Waals surface area contributed by atoms with Crippen molar-refractivity contribution in [1.82, 2.24) is 4.90 Å². The number of carbonyl (C=O) groups is 3. The van der Waals surface area contributed by atoms with Crippen LogP contribution in [0.5, 0.6) is 0 Å². The first-order valence-corrected chi connectivity index (χ1v) is 11.2. The van der Waals surface area contributed by atoms with Gasteiger partial charge in [0.05, 0.1) is 22.9 Å². The Labute approximate surface area is 192 Å². The summed E-state index contributed by atoms with van der Waals surface area (Å²) >= 11 is 1.19. The predicted molar refractivity (Wildman–Crippen MR) is 124 cm³/mol. The van der Waals surface area contributed by atoms with E-state index in [1.165, 1.54) is 11.8 Å². The third-order valence-electron chi connectivity index (χ3n) is 4.47. The van der Waals surface area contributed by atoms with Crippen LogP contribution in [0.2, 0.25) is 0 Å². The van der Waals surface area contributed by atoms with E-state index >= 15 is 0 Å². The minimum atomic E-state index is -0.615. The maximum atomic E-state index is 12.6. The van der Waals surface area contributed by atoms with E-state index < -0.39 is 5.97 Å². The first-order valence-electron chi connectivity index (χ1n) is 10.2. The molecule has 0 atom stereocenters. The normalized spacial score (nSPS) is 10.5. The number of hydrogen-bond acceptors (Lipinski definition) is 6. The topological polar surface area (TPSA) is 99.5 Å². The molecule has 2 aromatic carbocycles. The Morgan fingerprint density at radius 3 is 2.41 bits per heavy atom. The Morgan fingerprint density at radius 1 is 1.06 bits per heavy atom. The van der Waals surface area contributed by atoms with Crippen LogP contribution in [0.25, 0.3) is 0 Å². The van der Waals surface area contributed by atoms with E-state index in [9.17, 15) is 14.4 Å². The third kappa shape index (κ3) is 7.13. The Morgan fingerprint density at radius 2 is 1.75 bits per heavy atom. The number of nitrogens with one attached hydrogen (secondary N) is 1. The summed E-state index contributed by atoms with van der Waals surface area (Å²) in [6.45, 7) is 7.30. The SMILES string of the molecule is CC(C)N(C(=O)COC(=O)c1ccccc1SCC(=O)Nc1cccc(C#N)c1)C(C)C. The van der Waals surface area contributed by atoms with Gasteiger partial charge in [-0.1, -0.05) is 18.2 Å². The molecule has 32 heavy (non-hydrogen) atoms. The number of esters is 1. The number of nitriles is 1. The monoisotopic (exact) mass is 453 g/mol. The number of anilines is 1. The fourth-order valence-corrected chi connectivity index (χ4v) is 4.06. The third-order valence-corrected chi connectivity index (χ3v) is 5.54. The van der Waals surface area contributed by atoms with E-state index in [-0.39, 0.29) is 36.3 Å². The molecule has 0 aromatic heterocycles. The second kappa shape index (κ2) is 11.9. The molecule has 2 amide bonds. The minimum Gasteiger partial charge on any atom is -0.452 e. The van der Waals surface area contributed by atoms with Crippen molar-refractivity contribution in [2.24, 2.45) is 0 Å². The minimum absolute atomic E-state index is 0.00332. The van der Waals surface area contributed by atoms with E-state index in [0.717, 1.165) is 0 Å². The van der Waals surface area contributed by atoms with Crippen molar-refractivity contribution in [2.75, 3.05) is 17.7 Å². The van der Waals surface area contributed by atoms with Crippen LogP contribution in [0.15, 0.2) is 53.4 Å². The number of benzene rings is 2. The van der Waals surface area contributed by atoms with Crippen molar-refractivity contribution in [3.05, 3.63) is 59.7 Å². The summed E-state index contributed by atoms with van der Waals surface area (Å²) in [5, 5.41) is 11.7. The molecule has 0 fully saturated rings. The van der Waals surface area contributed by atoms with E-state index in [0.29, 0.717) is 21.7 Å². The fraction of sp³-hybridized carbons (Fsp3) is 0.333. The van der Waals surface area contributed by atoms with Crippen LogP contribution in [0.4, 0.5) is 5.69 Å². The number of nitrogens with zero attached hydrogens (tertiary/aromatic N) is 2. The van der Waals surface area contributed by atoms with Crippen LogP contribution in [-0.4, -0.2) is 47.1 Å². The van der Waals surface area contributed by atoms with Gasteiger partial charge in [0.2, 0.25) is 5.91 Å². The molecule has 0 aliphatic rings. The molecule has 0 radical (unpaired) electrons. The zero-order valence-electron chi connectivity index (χ0n) is 18.6. The van der Waals surface area contributed by atoms with Gasteiger partial charge >= 0.3 is 5.97 Å². The van der Waals surface area contributed by atoms with Crippen molar-refractivity contribution >= 4 is 35.2 Å². The predicted octanol–water partition coefficient (Wildman–Crippen LogP) is 4.09. The highest BCUT2D eigenvalue weighted by atomic mass is 32.2. The summed E-state index contributed by atoms with van der Waals surface area (Å²) in [5.74, 6) is -1.08. The molecule has 0 aliphatic heterocycles. The zero-order chi connectivity index (χ0) is 23.7. The smallest absolute Gasteiger partial charge is 0.339 e. The molecular formula is C24H27N3O4S. The number of thioether (sulfide) groups is 1. The number of carbonyl (C=O) groups excluding carboxylic acids is 3. The lowest BCUT2D eigenvalue weighted by molar-refractivity contribution is -0.138. The molecule has 0 saturated carbocycles. The zero-order valence-corrected chi connectivity index (χ0v) is 19.4. The second-order valence-electron chi connectivity index (χ2n) is 7.59. The van der Waals surface area contributed by atoms with Crippen molar-refractivity contribution in [3.63, 3.8) is 0 Å². The lowest BCUT2D eigenvalue weighted by atomic mass is 10.2. The molecule has 2 rings (SSSR count). The molecule has 7 nitrogen and oxygen atoms in total. The van der Waals surface area contributed by atoms with Crippen molar-refractivity contribution in [1.29, 1.82) is 5.26 Å². The quantitative estimate of drug-likeness (QED) is 0.453. The summed E-state index contributed by atoms with van der Waals surface area (Å²) in [7, 11) is 0. The van der Waals surface area contributed by atoms with E-state index in [1.807, 2.05) is 33.8 Å². The average Bonchev–Trinajstić information content (AvgIpc) is 2.76. The molecule has 1 N–H and O–H groups in total. The van der Waals surface area contributed by atoms with Crippen LogP contribution >= 0.6 is 11.8 Å². The first-order chi connectivity index (χ1) is 15.2. The first kappa shape index (κ1) is 25.0. The molecule has 0 heterocycles. The number of ether oxygens (including phenoxy) is 1. The van der Waals surface area contributed by atoms with Gasteiger partial charge in [0.25, 0.3) is 5.91 Å². The van der Waals surface area contributed by atoms with Crippen LogP contribution in [0, 0.1) is 11.3 Å². The molecule has 0 aliphatic carbocycles. The fourth-order valence-electron chi connectivity index (χ4n) is 3.22. The molecule has 0 bridgehead atoms. The van der Waals surface area contributed by atoms with Gasteiger partial charge in [-0.25, -0.2) is 4.79 Å². The summed E-state index contributed by atoms with van der Waals surface area (Å²) in [4.78, 5) is 39.6. The summed E-state index contributed by atoms with van der Waals surface area (Å²) < 4.78 is 5.27. The Balaban J connectivity index is 1.98. The number of hydrogen-bond donors (Lipinski definition) is 1. The lowest BCUT2D eigenvalue weighted by Gasteiger charge is -2.30. The highest BCUT2D eigenvalue weighted by molar-refractivity contribution is 8.00. The molecule has 0 saturated heterocycles. The van der Waals surface area contributed by atoms with Gasteiger partial charge < -0.3 is 15.0 Å². The lowest BCUT2D eigenvalue weighted by Crippen LogP contribution is -2.44. The molecule has 168 valence electrons. The van der Waals surface area contributed by atoms with Crippen LogP contribution in [0.1, 0.15) is 43.6 Å². The molecule has 0 spiro atoms. The molecule has 2 aromatic rings. The Kier molecular flexibility index (Phi) is 9.29. The van der Waals surface area contributed by atoms with Gasteiger partial charge in [-0.2, -0.15) is 5.26 Å². The summed E-state index contributed by atoms with van der Waals surface area (Å²) in [6.07, 6.45) is 0. The summed E-state index contributed by atoms with van der Waals surface area (Å²) in [6, 6.07) is 15.4. The van der Waals surface area contributed by atoms with Crippen LogP contribution in [-0.2, 0) is 14.3 Å². The van der Waals surface area contributed by atoms with E-state index in [1.54, 1.807) is 53.4 Å². The van der Waals surface area contributed by atoms with E-state index in [4.69, 9.17) is 10.00 Å². The van der Waals surface area contributed by atoms with Gasteiger partial charge in [0.1, 0.15) is 0 Å². The number of rotatable bonds is 9. The van der Waals surface area contributed by atoms with Gasteiger partial charge in [-0.05, 0) is 58.0 Å². The second-order valence-corrected chi connectivity index (χ2v) is 8.61. The van der Waals surface area contributed by atoms with Gasteiger partial charge in [0, 0.05) is 22.7 Å². The molecule has 0 unspecified atom stereocenters. The Bertz CT molecular complexity index is 1010. The van der Waals surface area contributed by atoms with Gasteiger partial charge in [0.15, 0.2) is 6.61 Å². The largest absolute Gasteiger partial charge is 0.452 e. The summed E-state index contributed by atoms with van der Waals surface area (Å²) in [5.41, 5.74) is 1.28. The molecule has 8 heteroatoms. The highest BCUT2D eigenvalue weighted by Gasteiger charge is 2.22. The van der Waals surface area contributed by atoms with Crippen molar-refractivity contribution in [3.8, 4) is 6.07 Å². The van der Waals surface area contributed by atoms with Gasteiger partial charge in [-0.3, -0.25) is 9.59 Å². The average molecular weight is 454 g/mol. The maximum absolute atomic E-state index is 12.6. The highest BCUT2D eigenvalue weighted by Crippen LogP contribution is 2.24. The number of amides is 2. The maximum Gasteiger partial charge on any atom is 0.339 e. The van der Waals surface area contributed by atoms with Crippen molar-refractivity contribution < 1.29 is 19.1 Å². The molecular weight excluding hydrogens is 426 g/mol. The Hall–Kier alpha value is -3.31.